The maximum Gasteiger partial charge on any atom is 0.205 e. The molecule has 0 aromatic carbocycles. The summed E-state index contributed by atoms with van der Waals surface area (Å²) in [5, 5.41) is 0.490. The van der Waals surface area contributed by atoms with E-state index in [0.29, 0.717) is 10.8 Å². The molecule has 84 valence electrons. The third-order valence-corrected chi connectivity index (χ3v) is 3.17. The monoisotopic (exact) mass is 236 g/mol. The molecule has 0 bridgehead atoms. The van der Waals surface area contributed by atoms with Gasteiger partial charge in [0, 0.05) is 13.1 Å². The molecule has 1 N–H and O–H groups in total. The Balaban J connectivity index is 1.97. The smallest absolute Gasteiger partial charge is 0.205 e. The summed E-state index contributed by atoms with van der Waals surface area (Å²) in [5.74, 6) is 0.921. The Morgan fingerprint density at radius 2 is 1.94 bits per heavy atom. The molecular weight excluding hydrogens is 224 g/mol. The van der Waals surface area contributed by atoms with Crippen molar-refractivity contribution in [2.45, 2.75) is 19.3 Å². The van der Waals surface area contributed by atoms with Gasteiger partial charge in [-0.1, -0.05) is 11.6 Å². The SMILES string of the molecule is Clc1ccc2[nH]c(N3CCCCC3)nc2n1. The van der Waals surface area contributed by atoms with Crippen LogP contribution in [-0.4, -0.2) is 28.0 Å². The lowest BCUT2D eigenvalue weighted by atomic mass is 10.1. The summed E-state index contributed by atoms with van der Waals surface area (Å²) in [5.41, 5.74) is 1.65. The van der Waals surface area contributed by atoms with Crippen molar-refractivity contribution in [3.05, 3.63) is 17.3 Å². The summed E-state index contributed by atoms with van der Waals surface area (Å²) in [6, 6.07) is 3.70. The first kappa shape index (κ1) is 9.90. The van der Waals surface area contributed by atoms with Crippen LogP contribution in [0.3, 0.4) is 0 Å². The summed E-state index contributed by atoms with van der Waals surface area (Å²) < 4.78 is 0. The summed E-state index contributed by atoms with van der Waals surface area (Å²) >= 11 is 5.84. The largest absolute Gasteiger partial charge is 0.342 e. The molecule has 4 nitrogen and oxygen atoms in total. The lowest BCUT2D eigenvalue weighted by Crippen LogP contribution is -2.30. The van der Waals surface area contributed by atoms with Gasteiger partial charge in [0.2, 0.25) is 5.95 Å². The van der Waals surface area contributed by atoms with E-state index in [4.69, 9.17) is 11.6 Å². The molecule has 3 rings (SSSR count). The van der Waals surface area contributed by atoms with Crippen LogP contribution in [0.25, 0.3) is 11.2 Å². The van der Waals surface area contributed by atoms with Crippen molar-refractivity contribution in [2.24, 2.45) is 0 Å². The van der Waals surface area contributed by atoms with E-state index in [2.05, 4.69) is 19.9 Å². The highest BCUT2D eigenvalue weighted by Gasteiger charge is 2.14. The zero-order valence-electron chi connectivity index (χ0n) is 8.91. The van der Waals surface area contributed by atoms with Crippen molar-refractivity contribution in [1.29, 1.82) is 0 Å². The fraction of sp³-hybridized carbons (Fsp3) is 0.455. The molecule has 1 saturated heterocycles. The van der Waals surface area contributed by atoms with Gasteiger partial charge < -0.3 is 9.88 Å². The molecule has 0 amide bonds. The maximum absolute atomic E-state index is 5.84. The van der Waals surface area contributed by atoms with Crippen molar-refractivity contribution < 1.29 is 0 Å². The van der Waals surface area contributed by atoms with E-state index in [0.717, 1.165) is 24.6 Å². The standard InChI is InChI=1S/C11H13ClN4/c12-9-5-4-8-10(14-9)15-11(13-8)16-6-2-1-3-7-16/h4-5H,1-3,6-7H2,(H,13,14,15). The number of H-pyrrole nitrogens is 1. The average molecular weight is 237 g/mol. The average Bonchev–Trinajstić information content (AvgIpc) is 2.73. The molecule has 16 heavy (non-hydrogen) atoms. The number of halogens is 1. The Hall–Kier alpha value is -1.29. The summed E-state index contributed by atoms with van der Waals surface area (Å²) in [6.07, 6.45) is 3.80. The normalized spacial score (nSPS) is 16.9. The van der Waals surface area contributed by atoms with E-state index >= 15 is 0 Å². The van der Waals surface area contributed by atoms with Crippen LogP contribution in [0.5, 0.6) is 0 Å². The lowest BCUT2D eigenvalue weighted by Gasteiger charge is -2.25. The van der Waals surface area contributed by atoms with E-state index < -0.39 is 0 Å². The van der Waals surface area contributed by atoms with E-state index in [9.17, 15) is 0 Å². The van der Waals surface area contributed by atoms with Crippen molar-refractivity contribution in [2.75, 3.05) is 18.0 Å². The van der Waals surface area contributed by atoms with Crippen LogP contribution in [-0.2, 0) is 0 Å². The van der Waals surface area contributed by atoms with Crippen molar-refractivity contribution in [3.63, 3.8) is 0 Å². The first-order valence-corrected chi connectivity index (χ1v) is 5.98. The van der Waals surface area contributed by atoms with Crippen LogP contribution in [0.15, 0.2) is 12.1 Å². The molecule has 0 aliphatic carbocycles. The van der Waals surface area contributed by atoms with Crippen LogP contribution in [0.2, 0.25) is 5.15 Å². The van der Waals surface area contributed by atoms with Gasteiger partial charge in [0.1, 0.15) is 5.15 Å². The van der Waals surface area contributed by atoms with Crippen LogP contribution < -0.4 is 4.90 Å². The molecule has 1 fully saturated rings. The summed E-state index contributed by atoms with van der Waals surface area (Å²) in [6.45, 7) is 2.15. The highest BCUT2D eigenvalue weighted by atomic mass is 35.5. The van der Waals surface area contributed by atoms with Gasteiger partial charge in [-0.05, 0) is 31.4 Å². The molecule has 0 atom stereocenters. The lowest BCUT2D eigenvalue weighted by molar-refractivity contribution is 0.570. The van der Waals surface area contributed by atoms with Gasteiger partial charge in [-0.2, -0.15) is 4.98 Å². The molecular formula is C11H13ClN4. The van der Waals surface area contributed by atoms with E-state index in [1.54, 1.807) is 6.07 Å². The van der Waals surface area contributed by atoms with Crippen LogP contribution in [0.4, 0.5) is 5.95 Å². The van der Waals surface area contributed by atoms with Gasteiger partial charge in [0.25, 0.3) is 0 Å². The number of aromatic amines is 1. The number of rotatable bonds is 1. The quantitative estimate of drug-likeness (QED) is 0.775. The van der Waals surface area contributed by atoms with E-state index in [1.165, 1.54) is 19.3 Å². The number of piperidine rings is 1. The number of imidazole rings is 1. The van der Waals surface area contributed by atoms with E-state index in [1.807, 2.05) is 6.07 Å². The van der Waals surface area contributed by atoms with Gasteiger partial charge in [-0.15, -0.1) is 0 Å². The Kier molecular flexibility index (Phi) is 2.44. The number of aromatic nitrogens is 3. The van der Waals surface area contributed by atoms with Gasteiger partial charge in [-0.3, -0.25) is 0 Å². The number of anilines is 1. The highest BCUT2D eigenvalue weighted by molar-refractivity contribution is 6.29. The van der Waals surface area contributed by atoms with Crippen molar-refractivity contribution in [3.8, 4) is 0 Å². The second-order valence-electron chi connectivity index (χ2n) is 4.11. The topological polar surface area (TPSA) is 44.8 Å². The van der Waals surface area contributed by atoms with Crippen LogP contribution >= 0.6 is 11.6 Å². The first-order chi connectivity index (χ1) is 7.83. The molecule has 3 heterocycles. The highest BCUT2D eigenvalue weighted by Crippen LogP contribution is 2.20. The number of nitrogens with zero attached hydrogens (tertiary/aromatic N) is 3. The zero-order chi connectivity index (χ0) is 11.0. The number of pyridine rings is 1. The predicted octanol–water partition coefficient (Wildman–Crippen LogP) is 2.60. The Labute approximate surface area is 98.6 Å². The molecule has 0 spiro atoms. The third-order valence-electron chi connectivity index (χ3n) is 2.96. The minimum Gasteiger partial charge on any atom is -0.342 e. The van der Waals surface area contributed by atoms with Gasteiger partial charge in [-0.25, -0.2) is 4.98 Å². The third kappa shape index (κ3) is 1.73. The molecule has 5 heteroatoms. The summed E-state index contributed by atoms with van der Waals surface area (Å²) in [7, 11) is 0. The second kappa shape index (κ2) is 3.94. The molecule has 2 aromatic rings. The van der Waals surface area contributed by atoms with Crippen LogP contribution in [0, 0.1) is 0 Å². The second-order valence-corrected chi connectivity index (χ2v) is 4.50. The fourth-order valence-electron chi connectivity index (χ4n) is 2.11. The molecule has 1 aliphatic heterocycles. The Morgan fingerprint density at radius 3 is 2.75 bits per heavy atom. The molecule has 2 aromatic heterocycles. The number of nitrogens with one attached hydrogen (secondary N) is 1. The van der Waals surface area contributed by atoms with Crippen LogP contribution in [0.1, 0.15) is 19.3 Å². The first-order valence-electron chi connectivity index (χ1n) is 5.60. The molecule has 0 radical (unpaired) electrons. The van der Waals surface area contributed by atoms with Crippen molar-refractivity contribution >= 4 is 28.7 Å². The molecule has 0 saturated carbocycles. The molecule has 1 aliphatic rings. The number of hydrogen-bond donors (Lipinski definition) is 1. The van der Waals surface area contributed by atoms with Crippen molar-refractivity contribution in [1.82, 2.24) is 15.0 Å². The number of hydrogen-bond acceptors (Lipinski definition) is 3. The predicted molar refractivity (Wildman–Crippen MR) is 65.0 cm³/mol. The molecule has 0 unspecified atom stereocenters. The Bertz CT molecular complexity index is 502. The van der Waals surface area contributed by atoms with Gasteiger partial charge >= 0.3 is 0 Å². The zero-order valence-corrected chi connectivity index (χ0v) is 9.67. The fourth-order valence-corrected chi connectivity index (χ4v) is 2.26. The maximum atomic E-state index is 5.84. The van der Waals surface area contributed by atoms with Gasteiger partial charge in [0.05, 0.1) is 5.52 Å². The minimum atomic E-state index is 0.490. The van der Waals surface area contributed by atoms with Gasteiger partial charge in [0.15, 0.2) is 5.65 Å². The minimum absolute atomic E-state index is 0.490. The van der Waals surface area contributed by atoms with E-state index in [-0.39, 0.29) is 0 Å². The summed E-state index contributed by atoms with van der Waals surface area (Å²) in [4.78, 5) is 14.2. The number of fused-ring (bicyclic) bond motifs is 1. The Morgan fingerprint density at radius 1 is 1.12 bits per heavy atom.